The Balaban J connectivity index is 1.33. The lowest BCUT2D eigenvalue weighted by Gasteiger charge is -2.07. The molecule has 0 unspecified atom stereocenters. The van der Waals surface area contributed by atoms with Crippen LogP contribution in [0.3, 0.4) is 0 Å². The number of halogens is 2. The van der Waals surface area contributed by atoms with E-state index in [1.807, 2.05) is 0 Å². The first-order chi connectivity index (χ1) is 14.4. The first-order valence-corrected chi connectivity index (χ1v) is 11.4. The fourth-order valence-corrected chi connectivity index (χ4v) is 4.51. The lowest BCUT2D eigenvalue weighted by Crippen LogP contribution is -2.10. The van der Waals surface area contributed by atoms with Crippen LogP contribution in [-0.4, -0.2) is 24.8 Å². The van der Waals surface area contributed by atoms with Crippen LogP contribution >= 0.6 is 40.1 Å². The highest BCUT2D eigenvalue weighted by Gasteiger charge is 2.17. The minimum absolute atomic E-state index is 0.368. The van der Waals surface area contributed by atoms with Crippen LogP contribution in [0.15, 0.2) is 66.7 Å². The Labute approximate surface area is 187 Å². The number of carbonyl (C=O) groups is 2. The summed E-state index contributed by atoms with van der Waals surface area (Å²) in [6.07, 6.45) is 3.04. The summed E-state index contributed by atoms with van der Waals surface area (Å²) in [5.74, 6) is -0.766. The Morgan fingerprint density at radius 1 is 0.800 bits per heavy atom. The topological polar surface area (TPSA) is 96.0 Å². The molecule has 0 radical (unpaired) electrons. The molecule has 0 fully saturated rings. The Morgan fingerprint density at radius 3 is 1.67 bits per heavy atom. The number of hydrogen-bond acceptors (Lipinski definition) is 7. The number of Topliss-reactive ketones (excluding diaryl/α,β-unsaturated/α-hetero) is 2. The highest BCUT2D eigenvalue weighted by molar-refractivity contribution is 9.10. The molecule has 4 rings (SSSR count). The van der Waals surface area contributed by atoms with Crippen LogP contribution < -0.4 is 0 Å². The van der Waals surface area contributed by atoms with E-state index in [4.69, 9.17) is 17.9 Å². The van der Waals surface area contributed by atoms with E-state index in [1.165, 1.54) is 12.5 Å². The van der Waals surface area contributed by atoms with Crippen molar-refractivity contribution in [1.82, 2.24) is 0 Å². The van der Waals surface area contributed by atoms with E-state index >= 15 is 0 Å². The van der Waals surface area contributed by atoms with Gasteiger partial charge in [-0.2, -0.15) is 0 Å². The van der Waals surface area contributed by atoms with Crippen molar-refractivity contribution in [2.45, 2.75) is 0 Å². The fraction of sp³-hybridized carbons (Fsp3) is 0.100. The van der Waals surface area contributed by atoms with Crippen LogP contribution in [0, 0.1) is 0 Å². The van der Waals surface area contributed by atoms with E-state index in [0.717, 1.165) is 10.8 Å². The van der Waals surface area contributed by atoms with Gasteiger partial charge in [-0.1, -0.05) is 0 Å². The monoisotopic (exact) mass is 554 g/mol. The van der Waals surface area contributed by atoms with E-state index < -0.39 is 21.5 Å². The zero-order valence-electron chi connectivity index (χ0n) is 15.1. The van der Waals surface area contributed by atoms with Crippen molar-refractivity contribution in [1.29, 1.82) is 0 Å². The standard InChI is InChI=1S/C20H13Br2O7P/c21-15-7-19-11(1-3-26-19)5-13(15)17(23)9-28-30(25)29-10-18(24)14-6-12-2-4-27-20(12)8-16(14)22/h1-8,30H,9-10H2. The highest BCUT2D eigenvalue weighted by Crippen LogP contribution is 2.30. The van der Waals surface area contributed by atoms with Gasteiger partial charge in [-0.25, -0.2) is 0 Å². The summed E-state index contributed by atoms with van der Waals surface area (Å²) in [4.78, 5) is 24.8. The highest BCUT2D eigenvalue weighted by atomic mass is 79.9. The third-order valence-corrected chi connectivity index (χ3v) is 6.40. The molecule has 0 spiro atoms. The summed E-state index contributed by atoms with van der Waals surface area (Å²) in [7, 11) is -3.04. The Bertz CT molecular complexity index is 1190. The summed E-state index contributed by atoms with van der Waals surface area (Å²) in [5, 5.41) is 1.52. The van der Waals surface area contributed by atoms with Crippen molar-refractivity contribution in [3.05, 3.63) is 69.0 Å². The maximum atomic E-state index is 12.4. The van der Waals surface area contributed by atoms with Crippen molar-refractivity contribution in [2.75, 3.05) is 13.2 Å². The number of hydrogen-bond donors (Lipinski definition) is 0. The molecule has 2 aromatic carbocycles. The van der Waals surface area contributed by atoms with E-state index in [-0.39, 0.29) is 11.6 Å². The van der Waals surface area contributed by atoms with E-state index in [0.29, 0.717) is 31.2 Å². The van der Waals surface area contributed by atoms with Crippen LogP contribution in [0.4, 0.5) is 0 Å². The van der Waals surface area contributed by atoms with E-state index in [9.17, 15) is 14.2 Å². The molecule has 0 N–H and O–H groups in total. The van der Waals surface area contributed by atoms with Gasteiger partial charge in [-0.3, -0.25) is 14.2 Å². The molecule has 0 amide bonds. The molecule has 2 heterocycles. The number of fused-ring (bicyclic) bond motifs is 2. The summed E-state index contributed by atoms with van der Waals surface area (Å²) >= 11 is 6.63. The van der Waals surface area contributed by atoms with Gasteiger partial charge in [0.25, 0.3) is 0 Å². The van der Waals surface area contributed by atoms with Gasteiger partial charge in [0.05, 0.1) is 12.5 Å². The number of benzene rings is 2. The van der Waals surface area contributed by atoms with E-state index in [2.05, 4.69) is 31.9 Å². The first kappa shape index (κ1) is 21.2. The van der Waals surface area contributed by atoms with Crippen LogP contribution in [0.25, 0.3) is 21.9 Å². The SMILES string of the molecule is O=C(CO[PH](=O)OCC(=O)c1cc2ccoc2cc1Br)c1cc2ccoc2cc1Br. The first-order valence-electron chi connectivity index (χ1n) is 8.62. The lowest BCUT2D eigenvalue weighted by atomic mass is 10.1. The normalized spacial score (nSPS) is 11.6. The molecule has 0 aliphatic rings. The fourth-order valence-electron chi connectivity index (χ4n) is 2.84. The summed E-state index contributed by atoms with van der Waals surface area (Å²) in [6, 6.07) is 10.1. The molecule has 0 aliphatic heterocycles. The van der Waals surface area contributed by atoms with Crippen LogP contribution in [-0.2, 0) is 13.6 Å². The van der Waals surface area contributed by atoms with Gasteiger partial charge in [0, 0.05) is 30.8 Å². The molecular weight excluding hydrogens is 543 g/mol. The number of ketones is 2. The van der Waals surface area contributed by atoms with Crippen molar-refractivity contribution in [2.24, 2.45) is 0 Å². The molecule has 0 saturated carbocycles. The second kappa shape index (κ2) is 8.99. The van der Waals surface area contributed by atoms with Gasteiger partial charge >= 0.3 is 8.25 Å². The van der Waals surface area contributed by atoms with Crippen LogP contribution in [0.2, 0.25) is 0 Å². The van der Waals surface area contributed by atoms with Crippen molar-refractivity contribution < 1.29 is 32.0 Å². The predicted molar refractivity (Wildman–Crippen MR) is 117 cm³/mol. The number of rotatable bonds is 8. The maximum Gasteiger partial charge on any atom is 0.320 e. The second-order valence-corrected chi connectivity index (χ2v) is 9.04. The van der Waals surface area contributed by atoms with Gasteiger partial charge < -0.3 is 17.9 Å². The minimum atomic E-state index is -3.04. The van der Waals surface area contributed by atoms with Crippen molar-refractivity contribution in [3.63, 3.8) is 0 Å². The van der Waals surface area contributed by atoms with Crippen LogP contribution in [0.1, 0.15) is 20.7 Å². The van der Waals surface area contributed by atoms with Crippen molar-refractivity contribution >= 4 is 73.6 Å². The quantitative estimate of drug-likeness (QED) is 0.189. The van der Waals surface area contributed by atoms with E-state index in [1.54, 1.807) is 36.4 Å². The van der Waals surface area contributed by atoms with Gasteiger partial charge in [0.15, 0.2) is 11.6 Å². The molecular formula is C20H13Br2O7P. The largest absolute Gasteiger partial charge is 0.464 e. The molecule has 4 aromatic rings. The van der Waals surface area contributed by atoms with Crippen LogP contribution in [0.5, 0.6) is 0 Å². The molecule has 7 nitrogen and oxygen atoms in total. The average molecular weight is 556 g/mol. The smallest absolute Gasteiger partial charge is 0.320 e. The number of furan rings is 2. The van der Waals surface area contributed by atoms with Gasteiger partial charge in [0.1, 0.15) is 24.4 Å². The third kappa shape index (κ3) is 4.50. The molecule has 10 heteroatoms. The second-order valence-electron chi connectivity index (χ2n) is 6.25. The molecule has 30 heavy (non-hydrogen) atoms. The molecule has 0 atom stereocenters. The summed E-state index contributed by atoms with van der Waals surface area (Å²) < 4.78 is 33.7. The molecule has 0 bridgehead atoms. The maximum absolute atomic E-state index is 12.4. The lowest BCUT2D eigenvalue weighted by molar-refractivity contribution is 0.0877. The van der Waals surface area contributed by atoms with Gasteiger partial charge in [-0.05, 0) is 68.3 Å². The van der Waals surface area contributed by atoms with Crippen molar-refractivity contribution in [3.8, 4) is 0 Å². The average Bonchev–Trinajstić information content (AvgIpc) is 3.37. The Morgan fingerprint density at radius 2 is 1.23 bits per heavy atom. The Kier molecular flexibility index (Phi) is 6.36. The molecule has 0 saturated heterocycles. The molecule has 0 aliphatic carbocycles. The molecule has 154 valence electrons. The number of carbonyl (C=O) groups excluding carboxylic acids is 2. The summed E-state index contributed by atoms with van der Waals surface area (Å²) in [5.41, 5.74) is 2.00. The minimum Gasteiger partial charge on any atom is -0.464 e. The predicted octanol–water partition coefficient (Wildman–Crippen LogP) is 6.19. The van der Waals surface area contributed by atoms with Gasteiger partial charge in [-0.15, -0.1) is 0 Å². The Hall–Kier alpha value is -2.03. The van der Waals surface area contributed by atoms with Gasteiger partial charge in [0.2, 0.25) is 0 Å². The zero-order valence-corrected chi connectivity index (χ0v) is 19.3. The third-order valence-electron chi connectivity index (χ3n) is 4.33. The molecule has 2 aromatic heterocycles. The summed E-state index contributed by atoms with van der Waals surface area (Å²) in [6.45, 7) is -0.892. The zero-order chi connectivity index (χ0) is 21.3.